The zero-order valence-electron chi connectivity index (χ0n) is 12.5. The molecule has 0 bridgehead atoms. The normalized spacial score (nSPS) is 12.9. The van der Waals surface area contributed by atoms with Gasteiger partial charge in [-0.15, -0.1) is 0 Å². The highest BCUT2D eigenvalue weighted by Gasteiger charge is 2.37. The first-order valence-corrected chi connectivity index (χ1v) is 8.16. The number of rotatable bonds is 3. The zero-order valence-corrected chi connectivity index (χ0v) is 13.4. The highest BCUT2D eigenvalue weighted by atomic mass is 32.2. The molecule has 2 aromatic rings. The van der Waals surface area contributed by atoms with Crippen LogP contribution in [-0.2, 0) is 22.4 Å². The van der Waals surface area contributed by atoms with E-state index >= 15 is 0 Å². The molecule has 0 saturated heterocycles. The quantitative estimate of drug-likeness (QED) is 0.772. The van der Waals surface area contributed by atoms with Crippen molar-refractivity contribution in [1.82, 2.24) is 0 Å². The van der Waals surface area contributed by atoms with Crippen molar-refractivity contribution < 1.29 is 34.8 Å². The van der Waals surface area contributed by atoms with Crippen molar-refractivity contribution in [3.05, 3.63) is 59.2 Å². The first-order valence-electron chi connectivity index (χ1n) is 6.68. The molecular weight excluding hydrogens is 372 g/mol. The van der Waals surface area contributed by atoms with Crippen molar-refractivity contribution in [2.75, 3.05) is 4.72 Å². The van der Waals surface area contributed by atoms with Gasteiger partial charge in [0.25, 0.3) is 10.0 Å². The van der Waals surface area contributed by atoms with Gasteiger partial charge in [-0.1, -0.05) is 12.1 Å². The Morgan fingerprint density at radius 1 is 0.840 bits per heavy atom. The van der Waals surface area contributed by atoms with Crippen LogP contribution in [0, 0.1) is 6.92 Å². The molecule has 0 saturated carbocycles. The van der Waals surface area contributed by atoms with Crippen LogP contribution < -0.4 is 4.72 Å². The maximum absolute atomic E-state index is 12.8. The molecule has 2 rings (SSSR count). The van der Waals surface area contributed by atoms with Crippen LogP contribution in [0.15, 0.2) is 47.4 Å². The third-order valence-electron chi connectivity index (χ3n) is 3.14. The first kappa shape index (κ1) is 19.1. The number of hydrogen-bond acceptors (Lipinski definition) is 2. The lowest BCUT2D eigenvalue weighted by Crippen LogP contribution is -2.16. The number of nitrogens with one attached hydrogen (secondary N) is 1. The molecule has 0 amide bonds. The molecule has 0 fully saturated rings. The number of benzene rings is 2. The molecule has 0 aliphatic heterocycles. The van der Waals surface area contributed by atoms with Gasteiger partial charge >= 0.3 is 12.4 Å². The second-order valence-corrected chi connectivity index (χ2v) is 6.90. The van der Waals surface area contributed by atoms with E-state index in [2.05, 4.69) is 0 Å². The van der Waals surface area contributed by atoms with Crippen LogP contribution in [0.1, 0.15) is 16.7 Å². The van der Waals surface area contributed by atoms with Gasteiger partial charge in [0, 0.05) is 0 Å². The fourth-order valence-corrected chi connectivity index (χ4v) is 3.16. The van der Waals surface area contributed by atoms with Crippen LogP contribution in [0.3, 0.4) is 0 Å². The van der Waals surface area contributed by atoms with Crippen molar-refractivity contribution >= 4 is 15.7 Å². The van der Waals surface area contributed by atoms with E-state index in [4.69, 9.17) is 0 Å². The van der Waals surface area contributed by atoms with Gasteiger partial charge < -0.3 is 0 Å². The number of alkyl halides is 6. The second-order valence-electron chi connectivity index (χ2n) is 5.22. The van der Waals surface area contributed by atoms with Gasteiger partial charge in [0.2, 0.25) is 0 Å². The highest BCUT2D eigenvalue weighted by molar-refractivity contribution is 7.92. The second kappa shape index (κ2) is 6.25. The standard InChI is InChI=1S/C15H11F6NO2S/c1-9-3-2-4-13(5-9)25(23,24)22-12-7-10(14(16,17)18)6-11(8-12)15(19,20)21/h2-8,22H,1H3. The molecule has 136 valence electrons. The molecule has 3 nitrogen and oxygen atoms in total. The summed E-state index contributed by atoms with van der Waals surface area (Å²) in [7, 11) is -4.35. The van der Waals surface area contributed by atoms with Gasteiger partial charge in [0.05, 0.1) is 21.7 Å². The summed E-state index contributed by atoms with van der Waals surface area (Å²) in [4.78, 5) is -0.279. The Labute approximate surface area is 139 Å². The number of anilines is 1. The first-order chi connectivity index (χ1) is 11.3. The Morgan fingerprint density at radius 2 is 1.36 bits per heavy atom. The molecule has 0 heterocycles. The average molecular weight is 383 g/mol. The number of sulfonamides is 1. The van der Waals surface area contributed by atoms with Crippen LogP contribution >= 0.6 is 0 Å². The van der Waals surface area contributed by atoms with E-state index in [1.165, 1.54) is 18.2 Å². The SMILES string of the molecule is Cc1cccc(S(=O)(=O)Nc2cc(C(F)(F)F)cc(C(F)(F)F)c2)c1. The monoisotopic (exact) mass is 383 g/mol. The molecule has 0 atom stereocenters. The predicted molar refractivity (Wildman–Crippen MR) is 78.4 cm³/mol. The molecule has 0 radical (unpaired) electrons. The molecule has 0 unspecified atom stereocenters. The number of hydrogen-bond donors (Lipinski definition) is 1. The Kier molecular flexibility index (Phi) is 4.77. The van der Waals surface area contributed by atoms with Crippen molar-refractivity contribution in [1.29, 1.82) is 0 Å². The van der Waals surface area contributed by atoms with Gasteiger partial charge in [-0.25, -0.2) is 8.42 Å². The maximum Gasteiger partial charge on any atom is 0.416 e. The summed E-state index contributed by atoms with van der Waals surface area (Å²) in [6.07, 6.45) is -10.1. The molecule has 0 aliphatic rings. The van der Waals surface area contributed by atoms with Gasteiger partial charge in [0.1, 0.15) is 0 Å². The minimum Gasteiger partial charge on any atom is -0.280 e. The van der Waals surface area contributed by atoms with Crippen molar-refractivity contribution in [3.8, 4) is 0 Å². The fourth-order valence-electron chi connectivity index (χ4n) is 2.01. The maximum atomic E-state index is 12.8. The van der Waals surface area contributed by atoms with Crippen molar-refractivity contribution in [3.63, 3.8) is 0 Å². The molecule has 0 spiro atoms. The summed E-state index contributed by atoms with van der Waals surface area (Å²) in [5.74, 6) is 0. The summed E-state index contributed by atoms with van der Waals surface area (Å²) in [6, 6.07) is 5.94. The molecular formula is C15H11F6NO2S. The van der Waals surface area contributed by atoms with E-state index in [-0.39, 0.29) is 11.0 Å². The summed E-state index contributed by atoms with van der Waals surface area (Å²) in [5, 5.41) is 0. The summed E-state index contributed by atoms with van der Waals surface area (Å²) in [5.41, 5.74) is -3.49. The van der Waals surface area contributed by atoms with Crippen LogP contribution in [-0.4, -0.2) is 8.42 Å². The van der Waals surface area contributed by atoms with Crippen LogP contribution in [0.25, 0.3) is 0 Å². The van der Waals surface area contributed by atoms with Gasteiger partial charge in [-0.05, 0) is 42.8 Å². The molecule has 0 aliphatic carbocycles. The molecule has 10 heteroatoms. The van der Waals surface area contributed by atoms with Gasteiger partial charge in [0.15, 0.2) is 0 Å². The van der Waals surface area contributed by atoms with Crippen molar-refractivity contribution in [2.45, 2.75) is 24.2 Å². The molecule has 25 heavy (non-hydrogen) atoms. The van der Waals surface area contributed by atoms with E-state index in [1.807, 2.05) is 0 Å². The largest absolute Gasteiger partial charge is 0.416 e. The van der Waals surface area contributed by atoms with Gasteiger partial charge in [-0.3, -0.25) is 4.72 Å². The minimum absolute atomic E-state index is 0.0789. The fraction of sp³-hybridized carbons (Fsp3) is 0.200. The lowest BCUT2D eigenvalue weighted by Gasteiger charge is -2.15. The Balaban J connectivity index is 2.52. The summed E-state index contributed by atoms with van der Waals surface area (Å²) < 4.78 is 103. The van der Waals surface area contributed by atoms with E-state index in [0.29, 0.717) is 17.7 Å². The van der Waals surface area contributed by atoms with E-state index in [0.717, 1.165) is 0 Å². The lowest BCUT2D eigenvalue weighted by molar-refractivity contribution is -0.143. The van der Waals surface area contributed by atoms with E-state index < -0.39 is 39.2 Å². The zero-order chi connectivity index (χ0) is 19.0. The summed E-state index contributed by atoms with van der Waals surface area (Å²) in [6.45, 7) is 1.59. The molecule has 2 aromatic carbocycles. The van der Waals surface area contributed by atoms with Crippen LogP contribution in [0.4, 0.5) is 32.0 Å². The Morgan fingerprint density at radius 3 is 1.80 bits per heavy atom. The Hall–Kier alpha value is -2.23. The third-order valence-corrected chi connectivity index (χ3v) is 4.52. The number of aryl methyl sites for hydroxylation is 1. The highest BCUT2D eigenvalue weighted by Crippen LogP contribution is 2.37. The topological polar surface area (TPSA) is 46.2 Å². The third kappa shape index (κ3) is 4.65. The van der Waals surface area contributed by atoms with Crippen LogP contribution in [0.2, 0.25) is 0 Å². The summed E-state index contributed by atoms with van der Waals surface area (Å²) >= 11 is 0. The van der Waals surface area contributed by atoms with Gasteiger partial charge in [-0.2, -0.15) is 26.3 Å². The average Bonchev–Trinajstić information content (AvgIpc) is 2.44. The van der Waals surface area contributed by atoms with Crippen LogP contribution in [0.5, 0.6) is 0 Å². The van der Waals surface area contributed by atoms with E-state index in [1.54, 1.807) is 17.7 Å². The smallest absolute Gasteiger partial charge is 0.280 e. The Bertz CT molecular complexity index is 855. The van der Waals surface area contributed by atoms with Crippen molar-refractivity contribution in [2.24, 2.45) is 0 Å². The molecule has 1 N–H and O–H groups in total. The lowest BCUT2D eigenvalue weighted by atomic mass is 10.1. The molecule has 0 aromatic heterocycles. The van der Waals surface area contributed by atoms with E-state index in [9.17, 15) is 34.8 Å². The predicted octanol–water partition coefficient (Wildman–Crippen LogP) is 4.83. The minimum atomic E-state index is -5.06. The number of halogens is 6.